The van der Waals surface area contributed by atoms with E-state index in [-0.39, 0.29) is 18.2 Å². The molecule has 1 heterocycles. The van der Waals surface area contributed by atoms with E-state index in [1.807, 2.05) is 0 Å². The Morgan fingerprint density at radius 1 is 1.52 bits per heavy atom. The molecule has 3 N–H and O–H groups in total. The molecule has 5 nitrogen and oxygen atoms in total. The van der Waals surface area contributed by atoms with Crippen molar-refractivity contribution < 1.29 is 19.0 Å². The van der Waals surface area contributed by atoms with Crippen molar-refractivity contribution in [1.29, 1.82) is 0 Å². The zero-order chi connectivity index (χ0) is 17.0. The molecule has 1 aromatic rings. The summed E-state index contributed by atoms with van der Waals surface area (Å²) >= 11 is 10.9. The third kappa shape index (κ3) is 4.40. The van der Waals surface area contributed by atoms with Crippen molar-refractivity contribution in [2.24, 2.45) is 0 Å². The standard InChI is InChI=1S/C15H16ClFN2O3S/c1-8-13(12(7-20)19-15(23)18-8)14(21)22-5-4-9-2-3-10(17)6-11(9)16/h2-3,6,12,20H,4-5,7H2,1H3,(H2,18,19,23). The van der Waals surface area contributed by atoms with Gasteiger partial charge in [0.1, 0.15) is 5.82 Å². The first-order chi connectivity index (χ1) is 10.9. The van der Waals surface area contributed by atoms with E-state index < -0.39 is 17.8 Å². The fraction of sp³-hybridized carbons (Fsp3) is 0.333. The molecule has 1 unspecified atom stereocenters. The van der Waals surface area contributed by atoms with E-state index in [0.717, 1.165) is 0 Å². The van der Waals surface area contributed by atoms with Crippen LogP contribution in [0.2, 0.25) is 5.02 Å². The Morgan fingerprint density at radius 3 is 2.91 bits per heavy atom. The Balaban J connectivity index is 1.98. The van der Waals surface area contributed by atoms with E-state index in [4.69, 9.17) is 28.6 Å². The van der Waals surface area contributed by atoms with Crippen molar-refractivity contribution in [3.05, 3.63) is 45.9 Å². The lowest BCUT2D eigenvalue weighted by Gasteiger charge is -2.28. The SMILES string of the molecule is CC1=C(C(=O)OCCc2ccc(F)cc2Cl)C(CO)NC(=S)N1. The number of aliphatic hydroxyl groups is 1. The highest BCUT2D eigenvalue weighted by molar-refractivity contribution is 7.80. The molecule has 1 aliphatic rings. The molecule has 1 aliphatic heterocycles. The van der Waals surface area contributed by atoms with Crippen LogP contribution >= 0.6 is 23.8 Å². The molecule has 2 rings (SSSR count). The summed E-state index contributed by atoms with van der Waals surface area (Å²) in [4.78, 5) is 12.2. The Bertz CT molecular complexity index is 666. The zero-order valence-electron chi connectivity index (χ0n) is 12.4. The van der Waals surface area contributed by atoms with Crippen LogP contribution in [0.25, 0.3) is 0 Å². The molecule has 8 heteroatoms. The molecule has 0 aliphatic carbocycles. The van der Waals surface area contributed by atoms with E-state index in [1.165, 1.54) is 12.1 Å². The average molecular weight is 359 g/mol. The maximum atomic E-state index is 13.0. The van der Waals surface area contributed by atoms with Gasteiger partial charge in [0.05, 0.1) is 24.8 Å². The van der Waals surface area contributed by atoms with E-state index in [1.54, 1.807) is 13.0 Å². The molecule has 0 fully saturated rings. The number of carbonyl (C=O) groups excluding carboxylic acids is 1. The third-order valence-corrected chi connectivity index (χ3v) is 3.95. The lowest BCUT2D eigenvalue weighted by molar-refractivity contribution is -0.139. The fourth-order valence-electron chi connectivity index (χ4n) is 2.25. The normalized spacial score (nSPS) is 17.6. The van der Waals surface area contributed by atoms with Crippen LogP contribution in [0.3, 0.4) is 0 Å². The summed E-state index contributed by atoms with van der Waals surface area (Å²) in [5.41, 5.74) is 1.52. The summed E-state index contributed by atoms with van der Waals surface area (Å²) in [7, 11) is 0. The predicted octanol–water partition coefficient (Wildman–Crippen LogP) is 1.68. The smallest absolute Gasteiger partial charge is 0.337 e. The molecule has 1 atom stereocenters. The van der Waals surface area contributed by atoms with Crippen LogP contribution in [0.4, 0.5) is 4.39 Å². The van der Waals surface area contributed by atoms with Crippen molar-refractivity contribution >= 4 is 34.9 Å². The minimum atomic E-state index is -0.606. The summed E-state index contributed by atoms with van der Waals surface area (Å²) in [6.07, 6.45) is 0.361. The summed E-state index contributed by atoms with van der Waals surface area (Å²) < 4.78 is 18.2. The first kappa shape index (κ1) is 17.7. The van der Waals surface area contributed by atoms with Crippen LogP contribution in [0.1, 0.15) is 12.5 Å². The summed E-state index contributed by atoms with van der Waals surface area (Å²) in [5.74, 6) is -0.972. The maximum Gasteiger partial charge on any atom is 0.337 e. The van der Waals surface area contributed by atoms with Crippen LogP contribution in [-0.4, -0.2) is 35.4 Å². The number of hydrogen-bond acceptors (Lipinski definition) is 4. The number of ether oxygens (including phenoxy) is 1. The van der Waals surface area contributed by atoms with Crippen molar-refractivity contribution in [1.82, 2.24) is 10.6 Å². The molecular formula is C15H16ClFN2O3S. The molecule has 0 amide bonds. The van der Waals surface area contributed by atoms with Gasteiger partial charge in [0.2, 0.25) is 0 Å². The van der Waals surface area contributed by atoms with Gasteiger partial charge >= 0.3 is 5.97 Å². The Labute approximate surface area is 143 Å². The number of esters is 1. The largest absolute Gasteiger partial charge is 0.462 e. The molecule has 1 aromatic carbocycles. The third-order valence-electron chi connectivity index (χ3n) is 3.38. The minimum absolute atomic E-state index is 0.0869. The lowest BCUT2D eigenvalue weighted by Crippen LogP contribution is -2.51. The number of aliphatic hydroxyl groups excluding tert-OH is 1. The van der Waals surface area contributed by atoms with Crippen LogP contribution in [0.5, 0.6) is 0 Å². The second kappa shape index (κ2) is 7.72. The molecule has 23 heavy (non-hydrogen) atoms. The zero-order valence-corrected chi connectivity index (χ0v) is 13.9. The van der Waals surface area contributed by atoms with Crippen LogP contribution in [0, 0.1) is 5.82 Å². The van der Waals surface area contributed by atoms with E-state index in [0.29, 0.717) is 28.4 Å². The second-order valence-corrected chi connectivity index (χ2v) is 5.81. The molecule has 0 bridgehead atoms. The number of thiocarbonyl (C=S) groups is 1. The molecule has 0 saturated heterocycles. The number of carbonyl (C=O) groups is 1. The Morgan fingerprint density at radius 2 is 2.26 bits per heavy atom. The predicted molar refractivity (Wildman–Crippen MR) is 88.5 cm³/mol. The molecular weight excluding hydrogens is 343 g/mol. The average Bonchev–Trinajstić information content (AvgIpc) is 2.48. The Hall–Kier alpha value is -1.70. The molecule has 0 radical (unpaired) electrons. The molecule has 124 valence electrons. The molecule has 0 aromatic heterocycles. The van der Waals surface area contributed by atoms with E-state index in [9.17, 15) is 14.3 Å². The number of halogens is 2. The number of rotatable bonds is 5. The van der Waals surface area contributed by atoms with Gasteiger partial charge in [0.15, 0.2) is 5.11 Å². The van der Waals surface area contributed by atoms with E-state index >= 15 is 0 Å². The van der Waals surface area contributed by atoms with Crippen molar-refractivity contribution in [2.45, 2.75) is 19.4 Å². The number of nitrogens with one attached hydrogen (secondary N) is 2. The quantitative estimate of drug-likeness (QED) is 0.549. The number of allylic oxidation sites excluding steroid dienone is 1. The van der Waals surface area contributed by atoms with Gasteiger partial charge in [-0.3, -0.25) is 0 Å². The lowest BCUT2D eigenvalue weighted by atomic mass is 10.0. The van der Waals surface area contributed by atoms with Crippen molar-refractivity contribution in [3.63, 3.8) is 0 Å². The van der Waals surface area contributed by atoms with Crippen molar-refractivity contribution in [2.75, 3.05) is 13.2 Å². The highest BCUT2D eigenvalue weighted by atomic mass is 35.5. The second-order valence-electron chi connectivity index (χ2n) is 4.99. The van der Waals surface area contributed by atoms with E-state index in [2.05, 4.69) is 10.6 Å². The fourth-order valence-corrected chi connectivity index (χ4v) is 2.81. The molecule has 0 spiro atoms. The van der Waals surface area contributed by atoms with Gasteiger partial charge in [0, 0.05) is 17.1 Å². The number of hydrogen-bond donors (Lipinski definition) is 3. The Kier molecular flexibility index (Phi) is 5.92. The monoisotopic (exact) mass is 358 g/mol. The van der Waals surface area contributed by atoms with Gasteiger partial charge < -0.3 is 20.5 Å². The van der Waals surface area contributed by atoms with Gasteiger partial charge in [-0.15, -0.1) is 0 Å². The minimum Gasteiger partial charge on any atom is -0.462 e. The first-order valence-electron chi connectivity index (χ1n) is 6.92. The van der Waals surface area contributed by atoms with Crippen LogP contribution < -0.4 is 10.6 Å². The van der Waals surface area contributed by atoms with Crippen molar-refractivity contribution in [3.8, 4) is 0 Å². The van der Waals surface area contributed by atoms with Crippen LogP contribution in [-0.2, 0) is 16.0 Å². The van der Waals surface area contributed by atoms with Gasteiger partial charge in [-0.1, -0.05) is 17.7 Å². The van der Waals surface area contributed by atoms with Crippen LogP contribution in [0.15, 0.2) is 29.5 Å². The number of benzene rings is 1. The highest BCUT2D eigenvalue weighted by Crippen LogP contribution is 2.18. The summed E-state index contributed by atoms with van der Waals surface area (Å²) in [6.45, 7) is 1.49. The summed E-state index contributed by atoms with van der Waals surface area (Å²) in [5, 5.41) is 15.6. The van der Waals surface area contributed by atoms with Gasteiger partial charge in [-0.25, -0.2) is 9.18 Å². The first-order valence-corrected chi connectivity index (χ1v) is 7.71. The molecule has 0 saturated carbocycles. The topological polar surface area (TPSA) is 70.6 Å². The van der Waals surface area contributed by atoms with Gasteiger partial charge in [0.25, 0.3) is 0 Å². The van der Waals surface area contributed by atoms with Gasteiger partial charge in [-0.2, -0.15) is 0 Å². The summed E-state index contributed by atoms with van der Waals surface area (Å²) in [6, 6.07) is 3.45. The maximum absolute atomic E-state index is 13.0. The highest BCUT2D eigenvalue weighted by Gasteiger charge is 2.29. The van der Waals surface area contributed by atoms with Gasteiger partial charge in [-0.05, 0) is 36.8 Å².